The molecule has 0 saturated carbocycles. The van der Waals surface area contributed by atoms with Crippen molar-refractivity contribution in [1.82, 2.24) is 16.0 Å². The number of hydrogen-bond donors (Lipinski definition) is 5. The van der Waals surface area contributed by atoms with Crippen molar-refractivity contribution >= 4 is 18.1 Å². The lowest BCUT2D eigenvalue weighted by Gasteiger charge is -2.23. The van der Waals surface area contributed by atoms with Crippen LogP contribution in [0, 0.1) is 6.92 Å². The Morgan fingerprint density at radius 1 is 1.05 bits per heavy atom. The third-order valence-corrected chi connectivity index (χ3v) is 4.37. The summed E-state index contributed by atoms with van der Waals surface area (Å²) in [5.41, 5.74) is 7.54. The van der Waals surface area contributed by atoms with Crippen LogP contribution in [0.4, 0.5) is 0 Å². The average Bonchev–Trinajstić information content (AvgIpc) is 2.88. The maximum Gasteiger partial charge on any atom is 0.243 e. The fourth-order valence-electron chi connectivity index (χ4n) is 2.39. The summed E-state index contributed by atoms with van der Waals surface area (Å²) in [6.45, 7) is 21.1. The van der Waals surface area contributed by atoms with Crippen LogP contribution in [0.1, 0.15) is 66.4 Å². The van der Waals surface area contributed by atoms with Gasteiger partial charge in [-0.2, -0.15) is 0 Å². The van der Waals surface area contributed by atoms with E-state index < -0.39 is 6.04 Å². The van der Waals surface area contributed by atoms with Crippen LogP contribution in [0.25, 0.3) is 0 Å². The van der Waals surface area contributed by atoms with Crippen molar-refractivity contribution in [3.05, 3.63) is 66.8 Å². The first-order valence-corrected chi connectivity index (χ1v) is 12.9. The molecule has 0 aliphatic heterocycles. The minimum atomic E-state index is -0.548. The summed E-state index contributed by atoms with van der Waals surface area (Å²) in [6.07, 6.45) is 8.49. The second kappa shape index (κ2) is 31.8. The highest BCUT2D eigenvalue weighted by molar-refractivity contribution is 5.88. The highest BCUT2D eigenvalue weighted by atomic mass is 16.3. The van der Waals surface area contributed by atoms with Crippen LogP contribution < -0.4 is 21.7 Å². The van der Waals surface area contributed by atoms with E-state index in [9.17, 15) is 9.59 Å². The van der Waals surface area contributed by atoms with Crippen LogP contribution in [0.5, 0.6) is 5.75 Å². The summed E-state index contributed by atoms with van der Waals surface area (Å²) in [6, 6.07) is 6.48. The number of allylic oxidation sites excluding steroid dienone is 3. The maximum atomic E-state index is 12.2. The third kappa shape index (κ3) is 30.8. The van der Waals surface area contributed by atoms with Crippen LogP contribution in [-0.4, -0.2) is 55.4 Å². The van der Waals surface area contributed by atoms with E-state index in [0.717, 1.165) is 18.3 Å². The average molecular weight is 535 g/mol. The third-order valence-electron chi connectivity index (χ3n) is 4.37. The van der Waals surface area contributed by atoms with Crippen molar-refractivity contribution in [1.29, 1.82) is 0 Å². The molecule has 218 valence electrons. The van der Waals surface area contributed by atoms with E-state index in [2.05, 4.69) is 29.1 Å². The number of hydrogen-bond acceptors (Lipinski definition) is 6. The van der Waals surface area contributed by atoms with Crippen LogP contribution in [0.3, 0.4) is 0 Å². The van der Waals surface area contributed by atoms with E-state index in [1.807, 2.05) is 65.8 Å². The van der Waals surface area contributed by atoms with Gasteiger partial charge in [-0.15, -0.1) is 6.58 Å². The predicted molar refractivity (Wildman–Crippen MR) is 162 cm³/mol. The summed E-state index contributed by atoms with van der Waals surface area (Å²) in [7, 11) is 1.68. The minimum absolute atomic E-state index is 0.0657. The van der Waals surface area contributed by atoms with Gasteiger partial charge in [0.2, 0.25) is 11.8 Å². The molecule has 0 heterocycles. The number of phenolic OH excluding ortho intramolecular Hbond substituents is 1. The molecule has 1 aromatic carbocycles. The van der Waals surface area contributed by atoms with E-state index in [-0.39, 0.29) is 24.4 Å². The first-order valence-electron chi connectivity index (χ1n) is 12.9. The SMILES string of the molecule is C/C=C/C.C=C(C)C(CC)NC(=O)[C@H](CCCN)NC(=O)CNC.C=CC.CC=O.Cc1ccc(O)cc1. The molecule has 0 aliphatic carbocycles. The van der Waals surface area contributed by atoms with Gasteiger partial charge in [0.05, 0.1) is 6.54 Å². The Bertz CT molecular complexity index is 731. The van der Waals surface area contributed by atoms with Gasteiger partial charge in [-0.3, -0.25) is 9.59 Å². The van der Waals surface area contributed by atoms with Gasteiger partial charge in [0.15, 0.2) is 0 Å². The molecule has 0 aliphatic rings. The Morgan fingerprint density at radius 2 is 1.53 bits per heavy atom. The molecule has 2 amide bonds. The van der Waals surface area contributed by atoms with Crippen molar-refractivity contribution in [2.75, 3.05) is 20.1 Å². The highest BCUT2D eigenvalue weighted by Gasteiger charge is 2.22. The summed E-state index contributed by atoms with van der Waals surface area (Å²) >= 11 is 0. The molecular weight excluding hydrogens is 480 g/mol. The number of nitrogens with two attached hydrogens (primary N) is 1. The fraction of sp³-hybridized carbons (Fsp3) is 0.500. The molecule has 0 saturated heterocycles. The summed E-state index contributed by atoms with van der Waals surface area (Å²) in [4.78, 5) is 32.6. The number of rotatable bonds is 10. The number of nitrogens with one attached hydrogen (secondary N) is 3. The first-order chi connectivity index (χ1) is 18.0. The molecule has 8 heteroatoms. The quantitative estimate of drug-likeness (QED) is 0.220. The zero-order valence-corrected chi connectivity index (χ0v) is 25.0. The fourth-order valence-corrected chi connectivity index (χ4v) is 2.39. The van der Waals surface area contributed by atoms with E-state index in [1.54, 1.807) is 25.3 Å². The molecule has 8 nitrogen and oxygen atoms in total. The lowest BCUT2D eigenvalue weighted by atomic mass is 10.1. The highest BCUT2D eigenvalue weighted by Crippen LogP contribution is 2.07. The molecule has 0 radical (unpaired) electrons. The number of amides is 2. The molecule has 1 unspecified atom stereocenters. The Kier molecular flexibility index (Phi) is 35.0. The zero-order valence-electron chi connectivity index (χ0n) is 25.0. The van der Waals surface area contributed by atoms with Gasteiger partial charge >= 0.3 is 0 Å². The number of carbonyl (C=O) groups is 3. The second-order valence-corrected chi connectivity index (χ2v) is 8.04. The van der Waals surface area contributed by atoms with Gasteiger partial charge in [-0.25, -0.2) is 0 Å². The Labute approximate surface area is 231 Å². The van der Waals surface area contributed by atoms with Gasteiger partial charge in [-0.05, 0) is 86.5 Å². The Morgan fingerprint density at radius 3 is 1.84 bits per heavy atom. The normalized spacial score (nSPS) is 10.7. The molecule has 38 heavy (non-hydrogen) atoms. The smallest absolute Gasteiger partial charge is 0.243 e. The van der Waals surface area contributed by atoms with Gasteiger partial charge in [-0.1, -0.05) is 55.0 Å². The number of aldehydes is 1. The van der Waals surface area contributed by atoms with Crippen molar-refractivity contribution in [3.8, 4) is 5.75 Å². The number of carbonyl (C=O) groups excluding carboxylic acids is 3. The topological polar surface area (TPSA) is 134 Å². The van der Waals surface area contributed by atoms with Crippen LogP contribution in [0.2, 0.25) is 0 Å². The van der Waals surface area contributed by atoms with Gasteiger partial charge in [0.1, 0.15) is 18.1 Å². The number of likely N-dealkylation sites (N-methyl/N-ethyl adjacent to an activating group) is 1. The van der Waals surface area contributed by atoms with Crippen LogP contribution in [0.15, 0.2) is 61.2 Å². The van der Waals surface area contributed by atoms with Crippen molar-refractivity contribution in [2.24, 2.45) is 5.73 Å². The van der Waals surface area contributed by atoms with Crippen molar-refractivity contribution in [3.63, 3.8) is 0 Å². The standard InChI is InChI=1S/C14H28N4O2.C7H8O.C4H8.C3H6.C2H4O/c1-5-11(10(2)3)18-14(20)12(7-6-8-15)17-13(19)9-16-4;1-6-2-4-7(8)5-3-6;1-3-4-2;1-3-2;1-2-3/h11-12,16H,2,5-9,15H2,1,3-4H3,(H,17,19)(H,18,20);2-5,8H,1H3;3-4H,1-2H3;3H,1H2,2H3;2H,1H3/b;;4-3+;;/t11?,12-;;;;/m0..../s1. The van der Waals surface area contributed by atoms with Gasteiger partial charge in [0.25, 0.3) is 0 Å². The van der Waals surface area contributed by atoms with Crippen molar-refractivity contribution < 1.29 is 19.5 Å². The molecule has 2 atom stereocenters. The summed E-state index contributed by atoms with van der Waals surface area (Å²) in [5.74, 6) is -0.0543. The molecule has 0 aromatic heterocycles. The summed E-state index contributed by atoms with van der Waals surface area (Å²) < 4.78 is 0. The van der Waals surface area contributed by atoms with Gasteiger partial charge < -0.3 is 31.6 Å². The number of benzene rings is 1. The molecule has 0 bridgehead atoms. The number of aryl methyl sites for hydroxylation is 1. The molecule has 0 spiro atoms. The lowest BCUT2D eigenvalue weighted by Crippen LogP contribution is -2.51. The molecule has 1 rings (SSSR count). The second-order valence-electron chi connectivity index (χ2n) is 8.04. The van der Waals surface area contributed by atoms with Crippen molar-refractivity contribution in [2.45, 2.75) is 79.8 Å². The Hall–Kier alpha value is -3.23. The van der Waals surface area contributed by atoms with E-state index in [4.69, 9.17) is 15.6 Å². The monoisotopic (exact) mass is 534 g/mol. The predicted octanol–water partition coefficient (Wildman–Crippen LogP) is 4.58. The molecule has 1 aromatic rings. The molecule has 0 fully saturated rings. The van der Waals surface area contributed by atoms with E-state index >= 15 is 0 Å². The largest absolute Gasteiger partial charge is 0.508 e. The lowest BCUT2D eigenvalue weighted by molar-refractivity contribution is -0.129. The zero-order chi connectivity index (χ0) is 30.4. The summed E-state index contributed by atoms with van der Waals surface area (Å²) in [5, 5.41) is 17.1. The van der Waals surface area contributed by atoms with Gasteiger partial charge in [0, 0.05) is 6.04 Å². The number of phenols is 1. The van der Waals surface area contributed by atoms with Crippen LogP contribution in [-0.2, 0) is 14.4 Å². The van der Waals surface area contributed by atoms with Crippen LogP contribution >= 0.6 is 0 Å². The Balaban J connectivity index is -0.000000259. The molecule has 6 N–H and O–H groups in total. The van der Waals surface area contributed by atoms with E-state index in [1.165, 1.54) is 12.5 Å². The molecular formula is C30H54N4O4. The minimum Gasteiger partial charge on any atom is -0.508 e. The van der Waals surface area contributed by atoms with E-state index in [0.29, 0.717) is 25.1 Å². The maximum absolute atomic E-state index is 12.2. The first kappa shape index (κ1) is 41.9. The number of aromatic hydroxyl groups is 1.